The molecule has 2 aromatic heterocycles. The summed E-state index contributed by atoms with van der Waals surface area (Å²) in [5.41, 5.74) is 0. The average Bonchev–Trinajstić information content (AvgIpc) is 3.10. The lowest BCUT2D eigenvalue weighted by atomic mass is 10.7. The first-order valence-electron chi connectivity index (χ1n) is 6.85. The van der Waals surface area contributed by atoms with E-state index in [0.29, 0.717) is 13.1 Å². The molecule has 10 heteroatoms. The number of aliphatic hydroxyl groups is 2. The van der Waals surface area contributed by atoms with Crippen LogP contribution in [0.2, 0.25) is 0 Å². The highest BCUT2D eigenvalue weighted by molar-refractivity contribution is 7.36. The molecule has 2 rings (SSSR count). The predicted octanol–water partition coefficient (Wildman–Crippen LogP) is -2.81. The van der Waals surface area contributed by atoms with Crippen LogP contribution in [0.5, 0.6) is 0 Å². The summed E-state index contributed by atoms with van der Waals surface area (Å²) in [6, 6.07) is 0. The summed E-state index contributed by atoms with van der Waals surface area (Å²) >= 11 is 0. The molecule has 0 saturated heterocycles. The molecule has 2 heterocycles. The summed E-state index contributed by atoms with van der Waals surface area (Å²) in [4.78, 5) is 18.4. The van der Waals surface area contributed by atoms with Gasteiger partial charge in [0.15, 0.2) is 0 Å². The molecule has 0 saturated carbocycles. The van der Waals surface area contributed by atoms with Crippen LogP contribution < -0.4 is 18.9 Å². The minimum absolute atomic E-state index is 0.203. The van der Waals surface area contributed by atoms with Gasteiger partial charge in [0.1, 0.15) is 37.9 Å². The summed E-state index contributed by atoms with van der Waals surface area (Å²) in [5.74, 6) is 0. The Kier molecular flexibility index (Phi) is 12.4. The van der Waals surface area contributed by atoms with E-state index in [9.17, 15) is 9.79 Å². The molecule has 9 nitrogen and oxygen atoms in total. The lowest BCUT2D eigenvalue weighted by Crippen LogP contribution is -2.23. The maximum Gasteiger partial charge on any atom is 0.243 e. The number of hydrogen-bond acceptors (Lipinski definition) is 5. The van der Waals surface area contributed by atoms with Crippen molar-refractivity contribution in [1.29, 1.82) is 0 Å². The molecule has 0 bridgehead atoms. The van der Waals surface area contributed by atoms with Crippen LogP contribution in [-0.2, 0) is 31.7 Å². The highest BCUT2D eigenvalue weighted by Gasteiger charge is 1.96. The second-order valence-corrected chi connectivity index (χ2v) is 5.30. The summed E-state index contributed by atoms with van der Waals surface area (Å²) in [6.45, 7) is 1.77. The molecule has 0 amide bonds. The summed E-state index contributed by atoms with van der Waals surface area (Å²) in [5, 5.41) is 17.0. The van der Waals surface area contributed by atoms with Crippen molar-refractivity contribution in [2.75, 3.05) is 20.3 Å². The van der Waals surface area contributed by atoms with Gasteiger partial charge in [0.05, 0.1) is 27.3 Å². The lowest BCUT2D eigenvalue weighted by molar-refractivity contribution is -0.671. The minimum Gasteiger partial charge on any atom is -0.820 e. The van der Waals surface area contributed by atoms with Gasteiger partial charge in [0.2, 0.25) is 12.7 Å². The topological polar surface area (TPSA) is 113 Å². The molecule has 0 aliphatic rings. The second kappa shape index (κ2) is 13.1. The van der Waals surface area contributed by atoms with Crippen LogP contribution >= 0.6 is 8.60 Å². The van der Waals surface area contributed by atoms with Crippen LogP contribution in [0.4, 0.5) is 0 Å². The van der Waals surface area contributed by atoms with Crippen molar-refractivity contribution >= 4 is 8.60 Å². The molecule has 0 radical (unpaired) electrons. The van der Waals surface area contributed by atoms with Gasteiger partial charge < -0.3 is 24.5 Å². The van der Waals surface area contributed by atoms with Gasteiger partial charge in [-0.3, -0.25) is 0 Å². The van der Waals surface area contributed by atoms with Gasteiger partial charge in [-0.25, -0.2) is 18.3 Å². The zero-order valence-corrected chi connectivity index (χ0v) is 14.5. The smallest absolute Gasteiger partial charge is 0.243 e. The highest BCUT2D eigenvalue weighted by atomic mass is 31.2. The first kappa shape index (κ1) is 21.6. The molecule has 0 unspecified atom stereocenters. The van der Waals surface area contributed by atoms with Gasteiger partial charge in [-0.1, -0.05) is 0 Å². The fourth-order valence-electron chi connectivity index (χ4n) is 1.50. The molecule has 0 aliphatic carbocycles. The molecule has 0 spiro atoms. The van der Waals surface area contributed by atoms with Crippen LogP contribution in [0.3, 0.4) is 0 Å². The van der Waals surface area contributed by atoms with E-state index in [1.54, 1.807) is 0 Å². The van der Waals surface area contributed by atoms with E-state index in [4.69, 9.17) is 10.2 Å². The van der Waals surface area contributed by atoms with Crippen molar-refractivity contribution in [2.45, 2.75) is 13.1 Å². The van der Waals surface area contributed by atoms with Crippen molar-refractivity contribution in [3.63, 3.8) is 0 Å². The fourth-order valence-corrected chi connectivity index (χ4v) is 1.50. The van der Waals surface area contributed by atoms with E-state index >= 15 is 0 Å². The zero-order chi connectivity index (χ0) is 17.7. The number of nitrogens with zero attached hydrogens (tertiary/aromatic N) is 4. The number of imidazole rings is 2. The summed E-state index contributed by atoms with van der Waals surface area (Å²) in [6.07, 6.45) is 11.6. The van der Waals surface area contributed by atoms with E-state index in [2.05, 4.69) is 4.52 Å². The van der Waals surface area contributed by atoms with Gasteiger partial charge in [0, 0.05) is 7.11 Å². The molecule has 23 heavy (non-hydrogen) atoms. The van der Waals surface area contributed by atoms with E-state index in [0.717, 1.165) is 7.11 Å². The van der Waals surface area contributed by atoms with Crippen LogP contribution in [-0.4, -0.2) is 39.7 Å². The first-order chi connectivity index (χ1) is 10.9. The van der Waals surface area contributed by atoms with E-state index < -0.39 is 8.60 Å². The molecule has 0 fully saturated rings. The number of hydrogen-bond donors (Lipinski definition) is 2. The third-order valence-corrected chi connectivity index (χ3v) is 2.81. The van der Waals surface area contributed by atoms with E-state index in [-0.39, 0.29) is 13.2 Å². The molecule has 2 N–H and O–H groups in total. The van der Waals surface area contributed by atoms with Crippen molar-refractivity contribution < 1.29 is 33.7 Å². The minimum atomic E-state index is -2.60. The number of aromatic nitrogens is 4. The molecule has 132 valence electrons. The summed E-state index contributed by atoms with van der Waals surface area (Å²) in [7, 11) is 2.41. The molecular formula is C13H25N4O5P. The third kappa shape index (κ3) is 11.8. The van der Waals surface area contributed by atoms with Gasteiger partial charge in [-0.05, 0) is 0 Å². The van der Waals surface area contributed by atoms with E-state index in [1.165, 1.54) is 0 Å². The zero-order valence-electron chi connectivity index (χ0n) is 13.6. The van der Waals surface area contributed by atoms with Crippen molar-refractivity contribution in [1.82, 2.24) is 9.13 Å². The van der Waals surface area contributed by atoms with Gasteiger partial charge in [-0.2, -0.15) is 8.60 Å². The monoisotopic (exact) mass is 348 g/mol. The predicted molar refractivity (Wildman–Crippen MR) is 79.3 cm³/mol. The Morgan fingerprint density at radius 2 is 1.30 bits per heavy atom. The number of rotatable bonds is 5. The fraction of sp³-hybridized carbons (Fsp3) is 0.538. The van der Waals surface area contributed by atoms with Gasteiger partial charge >= 0.3 is 0 Å². The third-order valence-electron chi connectivity index (χ3n) is 2.51. The second-order valence-electron chi connectivity index (χ2n) is 4.49. The van der Waals surface area contributed by atoms with Crippen LogP contribution in [0.15, 0.2) is 37.4 Å². The SMILES string of the molecule is COP([O-])[O-].C[n+]1ccn(CCO)c1.C[n+]1ccn(CCO)c1. The van der Waals surface area contributed by atoms with Crippen LogP contribution in [0.25, 0.3) is 0 Å². The maximum absolute atomic E-state index is 9.18. The standard InChI is InChI=1S/2C6H11N2O.CH3O3P/c2*1-7-2-3-8(6-7)4-5-9;1-4-5(2)3/h2*2-3,6,9H,4-5H2,1H3;1H3/q2*+1;-2. The van der Waals surface area contributed by atoms with Crippen LogP contribution in [0.1, 0.15) is 0 Å². The van der Waals surface area contributed by atoms with Crippen molar-refractivity contribution in [2.24, 2.45) is 14.1 Å². The molecule has 0 atom stereocenters. The Morgan fingerprint density at radius 3 is 1.48 bits per heavy atom. The Labute approximate surface area is 137 Å². The first-order valence-corrected chi connectivity index (χ1v) is 7.94. The highest BCUT2D eigenvalue weighted by Crippen LogP contribution is 2.07. The number of aliphatic hydroxyl groups excluding tert-OH is 2. The van der Waals surface area contributed by atoms with Crippen molar-refractivity contribution in [3.8, 4) is 0 Å². The maximum atomic E-state index is 9.18. The quantitative estimate of drug-likeness (QED) is 0.447. The molecule has 0 aromatic carbocycles. The molecule has 0 aliphatic heterocycles. The van der Waals surface area contributed by atoms with E-state index in [1.807, 2.05) is 69.8 Å². The molecule has 2 aromatic rings. The Morgan fingerprint density at radius 1 is 0.957 bits per heavy atom. The lowest BCUT2D eigenvalue weighted by Gasteiger charge is -2.25. The van der Waals surface area contributed by atoms with Crippen LogP contribution in [0, 0.1) is 0 Å². The number of aryl methyl sites for hydroxylation is 2. The molecular weight excluding hydrogens is 323 g/mol. The Balaban J connectivity index is 0.000000332. The van der Waals surface area contributed by atoms with Crippen molar-refractivity contribution in [3.05, 3.63) is 37.4 Å². The normalized spacial score (nSPS) is 9.91. The largest absolute Gasteiger partial charge is 0.820 e. The van der Waals surface area contributed by atoms with Gasteiger partial charge in [0.25, 0.3) is 0 Å². The van der Waals surface area contributed by atoms with Gasteiger partial charge in [-0.15, -0.1) is 0 Å². The Hall–Kier alpha value is -1.35. The average molecular weight is 348 g/mol. The summed E-state index contributed by atoms with van der Waals surface area (Å²) < 4.78 is 11.4. The Bertz CT molecular complexity index is 476.